The summed E-state index contributed by atoms with van der Waals surface area (Å²) in [6.45, 7) is 5.66. The number of nitrogens with two attached hydrogens (primary N) is 1. The van der Waals surface area contributed by atoms with Gasteiger partial charge in [-0.1, -0.05) is 103 Å². The van der Waals surface area contributed by atoms with E-state index in [1.54, 1.807) is 0 Å². The molecule has 188 valence electrons. The lowest BCUT2D eigenvalue weighted by atomic mass is 10.0. The molecule has 0 aliphatic rings. The van der Waals surface area contributed by atoms with Crippen LogP contribution in [0.15, 0.2) is 12.2 Å². The normalized spacial score (nSPS) is 11.9. The monoisotopic (exact) mass is 458 g/mol. The molecule has 3 heteroatoms. The van der Waals surface area contributed by atoms with Crippen LogP contribution in [-0.2, 0) is 0 Å². The van der Waals surface area contributed by atoms with Gasteiger partial charge in [0.15, 0.2) is 0 Å². The number of hydrogen-bond donors (Lipinski definition) is 1. The van der Waals surface area contributed by atoms with E-state index in [1.807, 2.05) is 0 Å². The molecule has 0 atom stereocenters. The van der Waals surface area contributed by atoms with Crippen molar-refractivity contribution in [1.82, 2.24) is 0 Å². The first-order valence-electron chi connectivity index (χ1n) is 13.8. The summed E-state index contributed by atoms with van der Waals surface area (Å²) in [4.78, 5) is 0. The van der Waals surface area contributed by atoms with Crippen molar-refractivity contribution in [2.45, 2.75) is 135 Å². The van der Waals surface area contributed by atoms with Crippen LogP contribution in [0.25, 0.3) is 0 Å². The summed E-state index contributed by atoms with van der Waals surface area (Å²) < 4.78 is 1.14. The number of nitrogens with zero attached hydrogens (tertiary/aromatic N) is 1. The molecule has 0 aromatic rings. The second-order valence-corrected chi connectivity index (χ2v) is 10.2. The summed E-state index contributed by atoms with van der Waals surface area (Å²) in [6, 6.07) is 0. The molecule has 0 aromatic heterocycles. The molecule has 2 nitrogen and oxygen atoms in total. The van der Waals surface area contributed by atoms with E-state index in [9.17, 15) is 0 Å². The quantitative estimate of drug-likeness (QED) is 0.117. The predicted octanol–water partition coefficient (Wildman–Crippen LogP) is 5.40. The molecule has 0 rings (SSSR count). The van der Waals surface area contributed by atoms with Crippen LogP contribution in [-0.4, -0.2) is 38.2 Å². The molecule has 0 bridgehead atoms. The van der Waals surface area contributed by atoms with Gasteiger partial charge in [-0.15, -0.1) is 0 Å². The Labute approximate surface area is 203 Å². The van der Waals surface area contributed by atoms with E-state index in [4.69, 9.17) is 5.73 Å². The van der Waals surface area contributed by atoms with Crippen molar-refractivity contribution in [2.75, 3.05) is 33.7 Å². The van der Waals surface area contributed by atoms with Crippen molar-refractivity contribution < 1.29 is 16.9 Å². The van der Waals surface area contributed by atoms with Crippen LogP contribution >= 0.6 is 0 Å². The lowest BCUT2D eigenvalue weighted by Crippen LogP contribution is -3.00. The molecule has 0 saturated carbocycles. The van der Waals surface area contributed by atoms with Gasteiger partial charge in [-0.3, -0.25) is 0 Å². The Morgan fingerprint density at radius 1 is 0.516 bits per heavy atom. The molecule has 0 radical (unpaired) electrons. The van der Waals surface area contributed by atoms with E-state index in [2.05, 4.69) is 33.2 Å². The number of quaternary nitrogens is 1. The number of allylic oxidation sites excluding steroid dienone is 2. The third-order valence-corrected chi connectivity index (χ3v) is 6.49. The van der Waals surface area contributed by atoms with Crippen LogP contribution in [0.4, 0.5) is 0 Å². The zero-order chi connectivity index (χ0) is 22.2. The molecule has 0 spiro atoms. The standard InChI is InChI=1S/C28H59N2.ClH/c1-4-5-6-7-8-9-10-11-12-13-14-15-16-17-18-19-20-21-22-23-24-27-30(2,3)28-25-26-29;/h11-12H,4-10,13-29H2,1-3H3;1H/q+1;/p-1/b12-11-;. The highest BCUT2D eigenvalue weighted by Gasteiger charge is 2.12. The zero-order valence-electron chi connectivity index (χ0n) is 21.8. The summed E-state index contributed by atoms with van der Waals surface area (Å²) in [6.07, 6.45) is 32.9. The molecule has 0 aromatic carbocycles. The number of hydrogen-bond acceptors (Lipinski definition) is 1. The Balaban J connectivity index is 0. The highest BCUT2D eigenvalue weighted by atomic mass is 35.5. The van der Waals surface area contributed by atoms with E-state index >= 15 is 0 Å². The van der Waals surface area contributed by atoms with Gasteiger partial charge in [0.1, 0.15) is 0 Å². The Hall–Kier alpha value is -0.0500. The van der Waals surface area contributed by atoms with E-state index < -0.39 is 0 Å². The van der Waals surface area contributed by atoms with Crippen molar-refractivity contribution in [3.63, 3.8) is 0 Å². The van der Waals surface area contributed by atoms with Crippen molar-refractivity contribution in [3.05, 3.63) is 12.2 Å². The Bertz CT molecular complexity index is 355. The summed E-state index contributed by atoms with van der Waals surface area (Å²) in [5.74, 6) is 0. The molecular weight excluding hydrogens is 400 g/mol. The van der Waals surface area contributed by atoms with Gasteiger partial charge in [0.2, 0.25) is 0 Å². The minimum atomic E-state index is 0. The topological polar surface area (TPSA) is 26.0 Å². The SMILES string of the molecule is CCCCCCCC/C=C\CCCCCCCCCCCCC[N+](C)(C)CCCN.[Cl-]. The number of halogens is 1. The molecule has 0 saturated heterocycles. The fourth-order valence-electron chi connectivity index (χ4n) is 4.30. The highest BCUT2D eigenvalue weighted by Crippen LogP contribution is 2.13. The van der Waals surface area contributed by atoms with Gasteiger partial charge in [-0.2, -0.15) is 0 Å². The Kier molecular flexibility index (Phi) is 28.0. The van der Waals surface area contributed by atoms with Gasteiger partial charge in [0.05, 0.1) is 27.2 Å². The smallest absolute Gasteiger partial charge is 0.0794 e. The minimum Gasteiger partial charge on any atom is -1.00 e. The van der Waals surface area contributed by atoms with Gasteiger partial charge < -0.3 is 22.6 Å². The maximum atomic E-state index is 5.63. The van der Waals surface area contributed by atoms with Crippen LogP contribution in [0.2, 0.25) is 0 Å². The summed E-state index contributed by atoms with van der Waals surface area (Å²) in [7, 11) is 4.70. The highest BCUT2D eigenvalue weighted by molar-refractivity contribution is 4.81. The predicted molar refractivity (Wildman–Crippen MR) is 138 cm³/mol. The average molecular weight is 459 g/mol. The third-order valence-electron chi connectivity index (χ3n) is 6.49. The molecule has 0 aliphatic carbocycles. The molecule has 0 heterocycles. The van der Waals surface area contributed by atoms with Crippen LogP contribution < -0.4 is 18.1 Å². The van der Waals surface area contributed by atoms with Crippen molar-refractivity contribution >= 4 is 0 Å². The first-order chi connectivity index (χ1) is 14.6. The zero-order valence-corrected chi connectivity index (χ0v) is 22.6. The number of rotatable bonds is 24. The maximum Gasteiger partial charge on any atom is 0.0794 e. The first-order valence-corrected chi connectivity index (χ1v) is 13.8. The van der Waals surface area contributed by atoms with Gasteiger partial charge in [0, 0.05) is 6.42 Å². The molecule has 0 unspecified atom stereocenters. The minimum absolute atomic E-state index is 0. The van der Waals surface area contributed by atoms with Crippen molar-refractivity contribution in [3.8, 4) is 0 Å². The van der Waals surface area contributed by atoms with Crippen LogP contribution in [0.5, 0.6) is 0 Å². The first kappa shape index (κ1) is 33.1. The van der Waals surface area contributed by atoms with Crippen molar-refractivity contribution in [2.24, 2.45) is 5.73 Å². The van der Waals surface area contributed by atoms with Crippen LogP contribution in [0.3, 0.4) is 0 Å². The second-order valence-electron chi connectivity index (χ2n) is 10.2. The van der Waals surface area contributed by atoms with Crippen LogP contribution in [0, 0.1) is 0 Å². The molecule has 0 amide bonds. The molecule has 0 aliphatic heterocycles. The fourth-order valence-corrected chi connectivity index (χ4v) is 4.30. The molecule has 2 N–H and O–H groups in total. The van der Waals surface area contributed by atoms with Gasteiger partial charge in [-0.25, -0.2) is 0 Å². The second kappa shape index (κ2) is 26.2. The lowest BCUT2D eigenvalue weighted by Gasteiger charge is -2.29. The average Bonchev–Trinajstić information content (AvgIpc) is 2.73. The van der Waals surface area contributed by atoms with Crippen LogP contribution in [0.1, 0.15) is 135 Å². The Morgan fingerprint density at radius 3 is 1.29 bits per heavy atom. The van der Waals surface area contributed by atoms with Gasteiger partial charge in [0.25, 0.3) is 0 Å². The number of unbranched alkanes of at least 4 members (excludes halogenated alkanes) is 17. The van der Waals surface area contributed by atoms with Crippen molar-refractivity contribution in [1.29, 1.82) is 0 Å². The summed E-state index contributed by atoms with van der Waals surface area (Å²) >= 11 is 0. The van der Waals surface area contributed by atoms with E-state index in [1.165, 1.54) is 135 Å². The largest absolute Gasteiger partial charge is 1.00 e. The van der Waals surface area contributed by atoms with E-state index in [0.717, 1.165) is 17.4 Å². The molecular formula is C28H59ClN2. The maximum absolute atomic E-state index is 5.63. The Morgan fingerprint density at radius 2 is 0.871 bits per heavy atom. The third kappa shape index (κ3) is 27.9. The summed E-state index contributed by atoms with van der Waals surface area (Å²) in [5.41, 5.74) is 5.63. The van der Waals surface area contributed by atoms with Gasteiger partial charge in [-0.05, 0) is 45.1 Å². The molecule has 31 heavy (non-hydrogen) atoms. The molecule has 0 fully saturated rings. The lowest BCUT2D eigenvalue weighted by molar-refractivity contribution is -0.890. The van der Waals surface area contributed by atoms with E-state index in [0.29, 0.717) is 0 Å². The fraction of sp³-hybridized carbons (Fsp3) is 0.929. The summed E-state index contributed by atoms with van der Waals surface area (Å²) in [5, 5.41) is 0. The van der Waals surface area contributed by atoms with E-state index in [-0.39, 0.29) is 12.4 Å². The van der Waals surface area contributed by atoms with Gasteiger partial charge >= 0.3 is 0 Å².